The van der Waals surface area contributed by atoms with Crippen LogP contribution in [0.5, 0.6) is 0 Å². The van der Waals surface area contributed by atoms with Gasteiger partial charge >= 0.3 is 17.9 Å². The summed E-state index contributed by atoms with van der Waals surface area (Å²) in [5.74, 6) is 1.67. The third-order valence-electron chi connectivity index (χ3n) is 13.9. The first-order valence-electron chi connectivity index (χ1n) is 30.1. The van der Waals surface area contributed by atoms with Crippen LogP contribution in [0.1, 0.15) is 337 Å². The first kappa shape index (κ1) is 65.4. The standard InChI is InChI=1S/C61H118O6/c1-55(2)47-41-35-29-23-17-13-11-9-7-8-10-12-14-20-28-34-40-46-52-61(64)67-58(54-66-60(63)51-45-39-33-27-22-21-25-31-37-43-49-57(5)6)53-65-59(62)50-44-38-32-26-19-16-15-18-24-30-36-42-48-56(3)4/h55-58H,7-54H2,1-6H3/t58-/m0/s1. The van der Waals surface area contributed by atoms with Crippen LogP contribution >= 0.6 is 0 Å². The van der Waals surface area contributed by atoms with Gasteiger partial charge in [-0.25, -0.2) is 0 Å². The molecule has 0 spiro atoms. The highest BCUT2D eigenvalue weighted by Gasteiger charge is 2.19. The quantitative estimate of drug-likeness (QED) is 0.0343. The smallest absolute Gasteiger partial charge is 0.306 e. The Kier molecular flexibility index (Phi) is 51.0. The Bertz CT molecular complexity index is 1040. The van der Waals surface area contributed by atoms with Crippen LogP contribution in [0.2, 0.25) is 0 Å². The lowest BCUT2D eigenvalue weighted by Gasteiger charge is -2.18. The van der Waals surface area contributed by atoms with Gasteiger partial charge in [-0.15, -0.1) is 0 Å². The van der Waals surface area contributed by atoms with E-state index in [0.29, 0.717) is 19.3 Å². The highest BCUT2D eigenvalue weighted by Crippen LogP contribution is 2.19. The van der Waals surface area contributed by atoms with Crippen LogP contribution in [0.15, 0.2) is 0 Å². The zero-order chi connectivity index (χ0) is 49.1. The van der Waals surface area contributed by atoms with E-state index in [2.05, 4.69) is 41.5 Å². The van der Waals surface area contributed by atoms with Crippen LogP contribution in [-0.2, 0) is 28.6 Å². The number of rotatable bonds is 54. The lowest BCUT2D eigenvalue weighted by Crippen LogP contribution is -2.30. The zero-order valence-corrected chi connectivity index (χ0v) is 46.2. The molecule has 0 aliphatic rings. The first-order chi connectivity index (χ1) is 32.6. The summed E-state index contributed by atoms with van der Waals surface area (Å²) in [7, 11) is 0. The fourth-order valence-corrected chi connectivity index (χ4v) is 9.35. The molecule has 0 bridgehead atoms. The molecule has 0 saturated carbocycles. The summed E-state index contributed by atoms with van der Waals surface area (Å²) in [6.45, 7) is 13.8. The molecule has 1 atom stereocenters. The number of carbonyl (C=O) groups is 3. The number of unbranched alkanes of at least 4 members (excludes halogenated alkanes) is 37. The van der Waals surface area contributed by atoms with E-state index in [4.69, 9.17) is 14.2 Å². The van der Waals surface area contributed by atoms with Gasteiger partial charge in [-0.2, -0.15) is 0 Å². The van der Waals surface area contributed by atoms with Crippen molar-refractivity contribution in [1.82, 2.24) is 0 Å². The predicted molar refractivity (Wildman–Crippen MR) is 289 cm³/mol. The van der Waals surface area contributed by atoms with Gasteiger partial charge < -0.3 is 14.2 Å². The predicted octanol–water partition coefficient (Wildman–Crippen LogP) is 19.9. The molecule has 0 aromatic rings. The van der Waals surface area contributed by atoms with Crippen molar-refractivity contribution in [1.29, 1.82) is 0 Å². The van der Waals surface area contributed by atoms with Crippen LogP contribution in [-0.4, -0.2) is 37.2 Å². The van der Waals surface area contributed by atoms with Crippen LogP contribution in [0.4, 0.5) is 0 Å². The molecule has 0 aliphatic carbocycles. The summed E-state index contributed by atoms with van der Waals surface area (Å²) < 4.78 is 16.9. The van der Waals surface area contributed by atoms with Gasteiger partial charge in [0.25, 0.3) is 0 Å². The number of hydrogen-bond donors (Lipinski definition) is 0. The second kappa shape index (κ2) is 52.2. The summed E-state index contributed by atoms with van der Waals surface area (Å²) in [6, 6.07) is 0. The molecule has 6 heteroatoms. The van der Waals surface area contributed by atoms with Crippen molar-refractivity contribution in [3.8, 4) is 0 Å². The van der Waals surface area contributed by atoms with Gasteiger partial charge in [-0.3, -0.25) is 14.4 Å². The minimum atomic E-state index is -0.764. The number of ether oxygens (including phenoxy) is 3. The van der Waals surface area contributed by atoms with Crippen LogP contribution in [0.3, 0.4) is 0 Å². The maximum Gasteiger partial charge on any atom is 0.306 e. The summed E-state index contributed by atoms with van der Waals surface area (Å²) >= 11 is 0. The molecule has 0 radical (unpaired) electrons. The minimum absolute atomic E-state index is 0.0634. The van der Waals surface area contributed by atoms with Crippen LogP contribution in [0, 0.1) is 17.8 Å². The molecule has 0 amide bonds. The van der Waals surface area contributed by atoms with Gasteiger partial charge in [0, 0.05) is 19.3 Å². The average molecular weight is 948 g/mol. The van der Waals surface area contributed by atoms with E-state index in [9.17, 15) is 14.4 Å². The van der Waals surface area contributed by atoms with E-state index in [0.717, 1.165) is 75.5 Å². The topological polar surface area (TPSA) is 78.9 Å². The molecule has 6 nitrogen and oxygen atoms in total. The molecular formula is C61H118O6. The Morgan fingerprint density at radius 3 is 0.642 bits per heavy atom. The molecule has 0 fully saturated rings. The Balaban J connectivity index is 4.27. The fraction of sp³-hybridized carbons (Fsp3) is 0.951. The Morgan fingerprint density at radius 1 is 0.254 bits per heavy atom. The molecule has 0 rings (SSSR count). The van der Waals surface area contributed by atoms with Crippen molar-refractivity contribution in [2.45, 2.75) is 343 Å². The minimum Gasteiger partial charge on any atom is -0.462 e. The lowest BCUT2D eigenvalue weighted by atomic mass is 10.0. The number of hydrogen-bond acceptors (Lipinski definition) is 6. The highest BCUT2D eigenvalue weighted by molar-refractivity contribution is 5.71. The molecule has 0 aromatic heterocycles. The molecular weight excluding hydrogens is 829 g/mol. The Morgan fingerprint density at radius 2 is 0.433 bits per heavy atom. The second-order valence-corrected chi connectivity index (χ2v) is 22.4. The Labute approximate surface area is 418 Å². The van der Waals surface area contributed by atoms with E-state index in [1.807, 2.05) is 0 Å². The number of carbonyl (C=O) groups excluding carboxylic acids is 3. The summed E-state index contributed by atoms with van der Waals surface area (Å²) in [5.41, 5.74) is 0. The van der Waals surface area contributed by atoms with Crippen molar-refractivity contribution in [3.05, 3.63) is 0 Å². The van der Waals surface area contributed by atoms with Crippen molar-refractivity contribution >= 4 is 17.9 Å². The van der Waals surface area contributed by atoms with E-state index in [-0.39, 0.29) is 31.1 Å². The average Bonchev–Trinajstić information content (AvgIpc) is 3.29. The van der Waals surface area contributed by atoms with Gasteiger partial charge in [-0.05, 0) is 37.0 Å². The zero-order valence-electron chi connectivity index (χ0n) is 46.2. The normalized spacial score (nSPS) is 12.1. The van der Waals surface area contributed by atoms with Crippen LogP contribution in [0.25, 0.3) is 0 Å². The van der Waals surface area contributed by atoms with E-state index in [1.165, 1.54) is 218 Å². The maximum atomic E-state index is 12.9. The largest absolute Gasteiger partial charge is 0.462 e. The van der Waals surface area contributed by atoms with Gasteiger partial charge in [0.2, 0.25) is 0 Å². The third-order valence-corrected chi connectivity index (χ3v) is 13.9. The number of esters is 3. The van der Waals surface area contributed by atoms with Gasteiger partial charge in [-0.1, -0.05) is 298 Å². The molecule has 0 N–H and O–H groups in total. The van der Waals surface area contributed by atoms with Crippen LogP contribution < -0.4 is 0 Å². The highest BCUT2D eigenvalue weighted by atomic mass is 16.6. The third kappa shape index (κ3) is 55.2. The molecule has 0 saturated heterocycles. The van der Waals surface area contributed by atoms with Gasteiger partial charge in [0.15, 0.2) is 6.10 Å². The van der Waals surface area contributed by atoms with E-state index < -0.39 is 6.10 Å². The van der Waals surface area contributed by atoms with Crippen molar-refractivity contribution in [2.24, 2.45) is 17.8 Å². The molecule has 0 aromatic carbocycles. The lowest BCUT2D eigenvalue weighted by molar-refractivity contribution is -0.167. The molecule has 67 heavy (non-hydrogen) atoms. The second-order valence-electron chi connectivity index (χ2n) is 22.4. The van der Waals surface area contributed by atoms with E-state index >= 15 is 0 Å². The van der Waals surface area contributed by atoms with Crippen molar-refractivity contribution < 1.29 is 28.6 Å². The van der Waals surface area contributed by atoms with E-state index in [1.54, 1.807) is 0 Å². The monoisotopic (exact) mass is 947 g/mol. The summed E-state index contributed by atoms with van der Waals surface area (Å²) in [5, 5.41) is 0. The van der Waals surface area contributed by atoms with Gasteiger partial charge in [0.1, 0.15) is 13.2 Å². The Hall–Kier alpha value is -1.59. The maximum absolute atomic E-state index is 12.9. The SMILES string of the molecule is CC(C)CCCCCCCCCCCCCCCCCCCCC(=O)O[C@@H](COC(=O)CCCCCCCCCCCCCCC(C)C)COC(=O)CCCCCCCCCCCCC(C)C. The van der Waals surface area contributed by atoms with Crippen molar-refractivity contribution in [2.75, 3.05) is 13.2 Å². The fourth-order valence-electron chi connectivity index (χ4n) is 9.35. The van der Waals surface area contributed by atoms with Crippen molar-refractivity contribution in [3.63, 3.8) is 0 Å². The summed E-state index contributed by atoms with van der Waals surface area (Å²) in [4.78, 5) is 38.2. The first-order valence-corrected chi connectivity index (χ1v) is 30.1. The molecule has 398 valence electrons. The van der Waals surface area contributed by atoms with Gasteiger partial charge in [0.05, 0.1) is 0 Å². The molecule has 0 unspecified atom stereocenters. The molecule has 0 heterocycles. The summed E-state index contributed by atoms with van der Waals surface area (Å²) in [6.07, 6.45) is 55.3. The molecule has 0 aliphatic heterocycles.